The van der Waals surface area contributed by atoms with Gasteiger partial charge < -0.3 is 10.2 Å². The lowest BCUT2D eigenvalue weighted by Gasteiger charge is -2.11. The van der Waals surface area contributed by atoms with Gasteiger partial charge in [-0.3, -0.25) is 9.48 Å². The van der Waals surface area contributed by atoms with Crippen molar-refractivity contribution in [1.29, 1.82) is 5.26 Å². The summed E-state index contributed by atoms with van der Waals surface area (Å²) in [6.07, 6.45) is 0. The van der Waals surface area contributed by atoms with Gasteiger partial charge in [-0.25, -0.2) is 10.8 Å². The fourth-order valence-corrected chi connectivity index (χ4v) is 3.52. The van der Waals surface area contributed by atoms with E-state index in [9.17, 15) is 4.79 Å². The number of carbonyl (C=O) groups excluding carboxylic acids is 1. The number of nitriles is 1. The third-order valence-electron chi connectivity index (χ3n) is 5.14. The van der Waals surface area contributed by atoms with Crippen LogP contribution in [0.2, 0.25) is 0 Å². The number of para-hydroxylation sites is 1. The van der Waals surface area contributed by atoms with Gasteiger partial charge in [-0.05, 0) is 37.6 Å². The topological polar surface area (TPSA) is 131 Å². The van der Waals surface area contributed by atoms with Crippen molar-refractivity contribution in [3.63, 3.8) is 0 Å². The Kier molecular flexibility index (Phi) is 5.81. The number of hydrazine groups is 1. The smallest absolute Gasteiger partial charge is 0.256 e. The second-order valence-electron chi connectivity index (χ2n) is 7.21. The standard InChI is InChI=1S/C23H21N7O2/c1-14-22(15(2)30(28-14)13-17-9-7-16(12-24)8-10-17)27-23(31)19-11-21(32-29-25)26-20-6-4-3-5-18(19)20/h3-11,29H,13,25H2,1-2H3,(H,27,31). The first-order chi connectivity index (χ1) is 15.5. The molecule has 0 radical (unpaired) electrons. The fraction of sp³-hybridized carbons (Fsp3) is 0.130. The zero-order valence-electron chi connectivity index (χ0n) is 17.6. The zero-order chi connectivity index (χ0) is 22.7. The summed E-state index contributed by atoms with van der Waals surface area (Å²) in [6, 6.07) is 18.3. The number of amides is 1. The van der Waals surface area contributed by atoms with Crippen LogP contribution in [0.4, 0.5) is 5.69 Å². The molecule has 2 aromatic heterocycles. The second-order valence-corrected chi connectivity index (χ2v) is 7.21. The van der Waals surface area contributed by atoms with Crippen LogP contribution in [0, 0.1) is 25.2 Å². The van der Waals surface area contributed by atoms with Crippen LogP contribution in [0.1, 0.15) is 32.9 Å². The Labute approximate surface area is 184 Å². The molecule has 0 fully saturated rings. The molecule has 0 aliphatic carbocycles. The van der Waals surface area contributed by atoms with E-state index in [4.69, 9.17) is 15.9 Å². The van der Waals surface area contributed by atoms with E-state index in [0.29, 0.717) is 40.0 Å². The highest BCUT2D eigenvalue weighted by atomic mass is 16.7. The average molecular weight is 427 g/mol. The molecule has 0 unspecified atom stereocenters. The van der Waals surface area contributed by atoms with E-state index in [1.165, 1.54) is 6.07 Å². The number of nitrogens with one attached hydrogen (secondary N) is 2. The molecule has 0 aliphatic heterocycles. The van der Waals surface area contributed by atoms with Gasteiger partial charge in [0, 0.05) is 11.5 Å². The van der Waals surface area contributed by atoms with Crippen molar-refractivity contribution in [3.8, 4) is 11.9 Å². The van der Waals surface area contributed by atoms with Crippen molar-refractivity contribution in [2.45, 2.75) is 20.4 Å². The first kappa shape index (κ1) is 21.0. The molecule has 0 bridgehead atoms. The van der Waals surface area contributed by atoms with Gasteiger partial charge in [-0.2, -0.15) is 10.4 Å². The van der Waals surface area contributed by atoms with Gasteiger partial charge in [-0.1, -0.05) is 35.9 Å². The number of nitrogens with zero attached hydrogens (tertiary/aromatic N) is 4. The summed E-state index contributed by atoms with van der Waals surface area (Å²) in [5.41, 5.74) is 6.87. The average Bonchev–Trinajstić information content (AvgIpc) is 3.06. The van der Waals surface area contributed by atoms with E-state index >= 15 is 0 Å². The van der Waals surface area contributed by atoms with Crippen LogP contribution < -0.4 is 21.6 Å². The summed E-state index contributed by atoms with van der Waals surface area (Å²) < 4.78 is 1.82. The van der Waals surface area contributed by atoms with Gasteiger partial charge in [0.2, 0.25) is 5.88 Å². The highest BCUT2D eigenvalue weighted by Gasteiger charge is 2.19. The second kappa shape index (κ2) is 8.85. The Hall–Kier alpha value is -4.26. The molecule has 0 aliphatic rings. The van der Waals surface area contributed by atoms with Crippen LogP contribution in [-0.2, 0) is 6.54 Å². The number of aryl methyl sites for hydroxylation is 1. The molecule has 4 N–H and O–H groups in total. The lowest BCUT2D eigenvalue weighted by Crippen LogP contribution is -2.26. The normalized spacial score (nSPS) is 10.7. The van der Waals surface area contributed by atoms with Crippen LogP contribution in [0.15, 0.2) is 54.6 Å². The molecular formula is C23H21N7O2. The minimum atomic E-state index is -0.311. The molecule has 0 atom stereocenters. The first-order valence-corrected chi connectivity index (χ1v) is 9.86. The van der Waals surface area contributed by atoms with Gasteiger partial charge in [0.15, 0.2) is 0 Å². The lowest BCUT2D eigenvalue weighted by atomic mass is 10.1. The van der Waals surface area contributed by atoms with Crippen molar-refractivity contribution in [2.24, 2.45) is 5.84 Å². The summed E-state index contributed by atoms with van der Waals surface area (Å²) in [5, 5.41) is 17.2. The summed E-state index contributed by atoms with van der Waals surface area (Å²) in [7, 11) is 0. The highest BCUT2D eigenvalue weighted by Crippen LogP contribution is 2.25. The largest absolute Gasteiger partial charge is 0.374 e. The predicted molar refractivity (Wildman–Crippen MR) is 120 cm³/mol. The number of rotatable bonds is 6. The van der Waals surface area contributed by atoms with Crippen molar-refractivity contribution < 1.29 is 9.63 Å². The number of anilines is 1. The van der Waals surface area contributed by atoms with E-state index in [-0.39, 0.29) is 11.8 Å². The van der Waals surface area contributed by atoms with Crippen molar-refractivity contribution >= 4 is 22.5 Å². The number of nitrogens with two attached hydrogens (primary N) is 1. The highest BCUT2D eigenvalue weighted by molar-refractivity contribution is 6.13. The Morgan fingerprint density at radius 1 is 1.19 bits per heavy atom. The third-order valence-corrected chi connectivity index (χ3v) is 5.14. The zero-order valence-corrected chi connectivity index (χ0v) is 17.6. The molecular weight excluding hydrogens is 406 g/mol. The third kappa shape index (κ3) is 4.13. The number of hydrogen-bond donors (Lipinski definition) is 3. The van der Waals surface area contributed by atoms with E-state index in [2.05, 4.69) is 27.1 Å². The lowest BCUT2D eigenvalue weighted by molar-refractivity contribution is 0.102. The van der Waals surface area contributed by atoms with Gasteiger partial charge in [-0.15, -0.1) is 0 Å². The maximum absolute atomic E-state index is 13.2. The maximum atomic E-state index is 13.2. The molecule has 4 aromatic rings. The van der Waals surface area contributed by atoms with Crippen LogP contribution >= 0.6 is 0 Å². The van der Waals surface area contributed by atoms with E-state index in [0.717, 1.165) is 11.3 Å². The molecule has 9 heteroatoms. The Morgan fingerprint density at radius 2 is 1.94 bits per heavy atom. The minimum absolute atomic E-state index is 0.182. The SMILES string of the molecule is Cc1nn(Cc2ccc(C#N)cc2)c(C)c1NC(=O)c1cc(ONN)nc2ccccc12. The molecule has 4 rings (SSSR count). The summed E-state index contributed by atoms with van der Waals surface area (Å²) in [4.78, 5) is 22.6. The molecule has 160 valence electrons. The Morgan fingerprint density at radius 3 is 2.66 bits per heavy atom. The summed E-state index contributed by atoms with van der Waals surface area (Å²) >= 11 is 0. The quantitative estimate of drug-likeness (QED) is 0.318. The van der Waals surface area contributed by atoms with Gasteiger partial charge >= 0.3 is 0 Å². The van der Waals surface area contributed by atoms with Crippen molar-refractivity contribution in [3.05, 3.63) is 82.7 Å². The van der Waals surface area contributed by atoms with Crippen molar-refractivity contribution in [2.75, 3.05) is 5.32 Å². The molecule has 1 amide bonds. The summed E-state index contributed by atoms with van der Waals surface area (Å²) in [6.45, 7) is 4.26. The first-order valence-electron chi connectivity index (χ1n) is 9.86. The Bertz CT molecular complexity index is 1340. The maximum Gasteiger partial charge on any atom is 0.256 e. The van der Waals surface area contributed by atoms with E-state index < -0.39 is 0 Å². The van der Waals surface area contributed by atoms with E-state index in [1.54, 1.807) is 18.2 Å². The number of carbonyl (C=O) groups is 1. The minimum Gasteiger partial charge on any atom is -0.374 e. The number of aromatic nitrogens is 3. The molecule has 2 aromatic carbocycles. The molecule has 2 heterocycles. The van der Waals surface area contributed by atoms with Crippen molar-refractivity contribution in [1.82, 2.24) is 20.4 Å². The predicted octanol–water partition coefficient (Wildman–Crippen LogP) is 2.98. The van der Waals surface area contributed by atoms with Gasteiger partial charge in [0.05, 0.1) is 46.3 Å². The van der Waals surface area contributed by atoms with Crippen LogP contribution in [0.5, 0.6) is 5.88 Å². The molecule has 0 saturated carbocycles. The number of hydrogen-bond acceptors (Lipinski definition) is 7. The molecule has 9 nitrogen and oxygen atoms in total. The van der Waals surface area contributed by atoms with Crippen LogP contribution in [0.25, 0.3) is 10.9 Å². The number of benzene rings is 2. The van der Waals surface area contributed by atoms with E-state index in [1.807, 2.05) is 48.9 Å². The van der Waals surface area contributed by atoms with Gasteiger partial charge in [0.1, 0.15) is 0 Å². The molecule has 0 spiro atoms. The summed E-state index contributed by atoms with van der Waals surface area (Å²) in [5.74, 6) is 5.11. The fourth-order valence-electron chi connectivity index (χ4n) is 3.52. The Balaban J connectivity index is 1.63. The van der Waals surface area contributed by atoms with Crippen LogP contribution in [-0.4, -0.2) is 20.7 Å². The number of pyridine rings is 1. The monoisotopic (exact) mass is 427 g/mol. The van der Waals surface area contributed by atoms with Gasteiger partial charge in [0.25, 0.3) is 5.91 Å². The van der Waals surface area contributed by atoms with Crippen LogP contribution in [0.3, 0.4) is 0 Å². The molecule has 0 saturated heterocycles. The number of fused-ring (bicyclic) bond motifs is 1. The molecule has 32 heavy (non-hydrogen) atoms.